The summed E-state index contributed by atoms with van der Waals surface area (Å²) in [6.45, 7) is 1.83. The van der Waals surface area contributed by atoms with E-state index >= 15 is 4.39 Å². The number of carbonyl (C=O) groups excluding carboxylic acids is 1. The minimum atomic E-state index is -1.52. The van der Waals surface area contributed by atoms with Crippen molar-refractivity contribution < 1.29 is 37.0 Å². The minimum absolute atomic E-state index is 0.0109. The first kappa shape index (κ1) is 26.2. The summed E-state index contributed by atoms with van der Waals surface area (Å²) in [4.78, 5) is 36.7. The van der Waals surface area contributed by atoms with Crippen LogP contribution in [0.2, 0.25) is 0 Å². The second-order valence-corrected chi connectivity index (χ2v) is 8.98. The van der Waals surface area contributed by atoms with Crippen molar-refractivity contribution in [1.29, 1.82) is 0 Å². The average Bonchev–Trinajstić information content (AvgIpc) is 2.88. The lowest BCUT2D eigenvalue weighted by atomic mass is 9.82. The fourth-order valence-corrected chi connectivity index (χ4v) is 4.62. The molecule has 3 aromatic rings. The highest BCUT2D eigenvalue weighted by atomic mass is 19.2. The summed E-state index contributed by atoms with van der Waals surface area (Å²) >= 11 is 0. The van der Waals surface area contributed by atoms with Crippen LogP contribution in [0.5, 0.6) is 5.75 Å². The van der Waals surface area contributed by atoms with Crippen LogP contribution in [-0.4, -0.2) is 28.2 Å². The molecule has 196 valence electrons. The van der Waals surface area contributed by atoms with Crippen molar-refractivity contribution in [2.24, 2.45) is 11.8 Å². The van der Waals surface area contributed by atoms with E-state index in [2.05, 4.69) is 5.32 Å². The number of anilines is 1. The number of rotatable bonds is 7. The Kier molecular flexibility index (Phi) is 7.51. The van der Waals surface area contributed by atoms with Gasteiger partial charge in [0.1, 0.15) is 11.3 Å². The predicted octanol–water partition coefficient (Wildman–Crippen LogP) is 5.10. The summed E-state index contributed by atoms with van der Waals surface area (Å²) < 4.78 is 63.8. The normalized spacial score (nSPS) is 17.5. The number of carboxylic acid groups (broad SMARTS) is 1. The Morgan fingerprint density at radius 1 is 1.08 bits per heavy atom. The molecule has 1 aliphatic rings. The van der Waals surface area contributed by atoms with E-state index in [1.165, 1.54) is 16.7 Å². The van der Waals surface area contributed by atoms with Crippen molar-refractivity contribution in [2.45, 2.75) is 39.2 Å². The molecule has 1 fully saturated rings. The van der Waals surface area contributed by atoms with Gasteiger partial charge in [0.2, 0.25) is 17.2 Å². The number of hydrogen-bond acceptors (Lipinski definition) is 4. The molecule has 2 aromatic carbocycles. The van der Waals surface area contributed by atoms with Crippen molar-refractivity contribution >= 4 is 28.5 Å². The quantitative estimate of drug-likeness (QED) is 0.423. The smallest absolute Gasteiger partial charge is 0.341 e. The maximum atomic E-state index is 15.4. The maximum Gasteiger partial charge on any atom is 0.341 e. The molecule has 7 nitrogen and oxygen atoms in total. The van der Waals surface area contributed by atoms with Crippen LogP contribution >= 0.6 is 0 Å². The van der Waals surface area contributed by atoms with Crippen LogP contribution in [-0.2, 0) is 11.3 Å². The monoisotopic (exact) mass is 520 g/mol. The van der Waals surface area contributed by atoms with Gasteiger partial charge in [-0.2, -0.15) is 4.39 Å². The number of pyridine rings is 1. The van der Waals surface area contributed by atoms with Crippen LogP contribution in [0.25, 0.3) is 10.9 Å². The van der Waals surface area contributed by atoms with E-state index < -0.39 is 63.1 Å². The summed E-state index contributed by atoms with van der Waals surface area (Å²) in [5, 5.41) is 11.1. The highest BCUT2D eigenvalue weighted by Gasteiger charge is 2.29. The Morgan fingerprint density at radius 3 is 2.43 bits per heavy atom. The summed E-state index contributed by atoms with van der Waals surface area (Å²) in [5.74, 6) is -7.30. The van der Waals surface area contributed by atoms with Crippen molar-refractivity contribution in [3.63, 3.8) is 0 Å². The van der Waals surface area contributed by atoms with Crippen molar-refractivity contribution in [3.8, 4) is 5.75 Å². The zero-order chi connectivity index (χ0) is 26.9. The largest absolute Gasteiger partial charge is 0.490 e. The third-order valence-electron chi connectivity index (χ3n) is 6.68. The molecule has 0 atom stereocenters. The number of benzene rings is 2. The third kappa shape index (κ3) is 5.16. The van der Waals surface area contributed by atoms with Crippen LogP contribution in [0.1, 0.15) is 43.0 Å². The van der Waals surface area contributed by atoms with Crippen LogP contribution < -0.4 is 15.5 Å². The number of ether oxygens (including phenoxy) is 1. The van der Waals surface area contributed by atoms with Gasteiger partial charge >= 0.3 is 5.97 Å². The Labute approximate surface area is 208 Å². The second kappa shape index (κ2) is 10.6. The maximum absolute atomic E-state index is 15.4. The van der Waals surface area contributed by atoms with E-state index in [-0.39, 0.29) is 30.3 Å². The molecule has 1 heterocycles. The molecule has 0 radical (unpaired) electrons. The number of carboxylic acids is 1. The number of halogens is 4. The van der Waals surface area contributed by atoms with Gasteiger partial charge in [-0.3, -0.25) is 9.59 Å². The molecule has 0 spiro atoms. The van der Waals surface area contributed by atoms with Gasteiger partial charge in [-0.1, -0.05) is 6.07 Å². The van der Waals surface area contributed by atoms with E-state index in [1.54, 1.807) is 6.92 Å². The van der Waals surface area contributed by atoms with Gasteiger partial charge in [0, 0.05) is 18.7 Å². The van der Waals surface area contributed by atoms with Crippen molar-refractivity contribution in [1.82, 2.24) is 4.57 Å². The molecule has 0 bridgehead atoms. The lowest BCUT2D eigenvalue weighted by Crippen LogP contribution is -2.30. The molecule has 4 rings (SSSR count). The van der Waals surface area contributed by atoms with Gasteiger partial charge in [-0.15, -0.1) is 0 Å². The molecule has 1 aliphatic carbocycles. The molecule has 11 heteroatoms. The number of carbonyl (C=O) groups is 2. The number of fused-ring (bicyclic) bond motifs is 1. The first-order valence-corrected chi connectivity index (χ1v) is 11.8. The summed E-state index contributed by atoms with van der Waals surface area (Å²) in [6, 6.07) is 4.38. The topological polar surface area (TPSA) is 97.6 Å². The Balaban J connectivity index is 1.47. The van der Waals surface area contributed by atoms with Crippen molar-refractivity contribution in [2.75, 3.05) is 11.9 Å². The molecular formula is C26H24F4N2O5. The number of aryl methyl sites for hydroxylation is 1. The summed E-state index contributed by atoms with van der Waals surface area (Å²) in [5.41, 5.74) is -2.67. The first-order valence-electron chi connectivity index (χ1n) is 11.8. The summed E-state index contributed by atoms with van der Waals surface area (Å²) in [7, 11) is 0. The van der Waals surface area contributed by atoms with Crippen LogP contribution in [0.4, 0.5) is 23.2 Å². The molecular weight excluding hydrogens is 496 g/mol. The van der Waals surface area contributed by atoms with Gasteiger partial charge in [-0.25, -0.2) is 18.0 Å². The fraction of sp³-hybridized carbons (Fsp3) is 0.346. The van der Waals surface area contributed by atoms with E-state index in [0.717, 1.165) is 18.3 Å². The molecule has 0 saturated heterocycles. The summed E-state index contributed by atoms with van der Waals surface area (Å²) in [6.07, 6.45) is 2.84. The highest BCUT2D eigenvalue weighted by Crippen LogP contribution is 2.33. The van der Waals surface area contributed by atoms with Crippen LogP contribution in [0.15, 0.2) is 35.3 Å². The molecule has 37 heavy (non-hydrogen) atoms. The molecule has 0 aliphatic heterocycles. The zero-order valence-electron chi connectivity index (χ0n) is 19.8. The van der Waals surface area contributed by atoms with Gasteiger partial charge in [-0.05, 0) is 56.7 Å². The lowest BCUT2D eigenvalue weighted by Gasteiger charge is -2.28. The zero-order valence-corrected chi connectivity index (χ0v) is 19.8. The number of aromatic carboxylic acids is 1. The number of nitrogens with zero attached hydrogens (tertiary/aromatic N) is 1. The SMILES string of the molecule is CCn1cc(C(=O)O)c(=O)c2cc(F)c(NC(=O)C3CCC(COc4cccc(F)c4F)CC3)c(F)c21. The van der Waals surface area contributed by atoms with Gasteiger partial charge in [0.05, 0.1) is 17.5 Å². The van der Waals surface area contributed by atoms with E-state index in [0.29, 0.717) is 25.7 Å². The third-order valence-corrected chi connectivity index (χ3v) is 6.68. The van der Waals surface area contributed by atoms with E-state index in [4.69, 9.17) is 4.74 Å². The standard InChI is InChI=1S/C26H24F4N2O5/c1-2-32-11-16(26(35)36)24(33)15-10-18(28)22(21(30)23(15)32)31-25(34)14-8-6-13(7-9-14)12-37-19-5-3-4-17(27)20(19)29/h3-5,10-11,13-14H,2,6-9,12H2,1H3,(H,31,34)(H,35,36). The molecule has 2 N–H and O–H groups in total. The number of aromatic nitrogens is 1. The Morgan fingerprint density at radius 2 is 1.78 bits per heavy atom. The van der Waals surface area contributed by atoms with Gasteiger partial charge in [0.25, 0.3) is 0 Å². The molecule has 0 unspecified atom stereocenters. The van der Waals surface area contributed by atoms with E-state index in [9.17, 15) is 32.7 Å². The van der Waals surface area contributed by atoms with Gasteiger partial charge in [0.15, 0.2) is 23.2 Å². The minimum Gasteiger partial charge on any atom is -0.490 e. The lowest BCUT2D eigenvalue weighted by molar-refractivity contribution is -0.121. The van der Waals surface area contributed by atoms with Crippen molar-refractivity contribution in [3.05, 3.63) is 69.5 Å². The van der Waals surface area contributed by atoms with Crippen LogP contribution in [0, 0.1) is 35.1 Å². The Hall–Kier alpha value is -3.89. The van der Waals surface area contributed by atoms with E-state index in [1.807, 2.05) is 0 Å². The molecule has 1 aromatic heterocycles. The average molecular weight is 520 g/mol. The first-order chi connectivity index (χ1) is 17.6. The van der Waals surface area contributed by atoms with Crippen LogP contribution in [0.3, 0.4) is 0 Å². The fourth-order valence-electron chi connectivity index (χ4n) is 4.62. The Bertz CT molecular complexity index is 1430. The molecule has 1 amide bonds. The van der Waals surface area contributed by atoms with Gasteiger partial charge < -0.3 is 19.7 Å². The second-order valence-electron chi connectivity index (χ2n) is 8.98. The number of nitrogens with one attached hydrogen (secondary N) is 1. The number of hydrogen-bond donors (Lipinski definition) is 2. The number of amides is 1. The predicted molar refractivity (Wildman–Crippen MR) is 127 cm³/mol. The highest BCUT2D eigenvalue weighted by molar-refractivity contribution is 5.97. The molecule has 1 saturated carbocycles.